The van der Waals surface area contributed by atoms with Crippen LogP contribution in [-0.2, 0) is 9.53 Å². The van der Waals surface area contributed by atoms with Gasteiger partial charge in [-0.15, -0.1) is 0 Å². The molecule has 0 amide bonds. The van der Waals surface area contributed by atoms with E-state index in [0.717, 1.165) is 12.8 Å². The minimum Gasteiger partial charge on any atom is -0.429 e. The highest BCUT2D eigenvalue weighted by atomic mass is 16.7. The Morgan fingerprint density at radius 1 is 1.12 bits per heavy atom. The van der Waals surface area contributed by atoms with Gasteiger partial charge >= 0.3 is 5.97 Å². The second-order valence-electron chi connectivity index (χ2n) is 9.98. The van der Waals surface area contributed by atoms with Crippen LogP contribution in [0.4, 0.5) is 0 Å². The van der Waals surface area contributed by atoms with Crippen molar-refractivity contribution in [2.24, 2.45) is 34.0 Å². The van der Waals surface area contributed by atoms with Crippen molar-refractivity contribution in [3.8, 4) is 0 Å². The Kier molecular flexibility index (Phi) is 3.00. The van der Waals surface area contributed by atoms with Crippen LogP contribution in [0.15, 0.2) is 12.2 Å². The monoisotopic (exact) mass is 364 g/mol. The molecule has 2 aliphatic heterocycles. The molecule has 0 aromatic heterocycles. The zero-order valence-corrected chi connectivity index (χ0v) is 15.3. The van der Waals surface area contributed by atoms with Crippen molar-refractivity contribution < 1.29 is 30.0 Å². The van der Waals surface area contributed by atoms with Crippen molar-refractivity contribution in [1.82, 2.24) is 0 Å². The van der Waals surface area contributed by atoms with Crippen molar-refractivity contribution >= 4 is 5.97 Å². The van der Waals surface area contributed by atoms with Crippen molar-refractivity contribution in [1.29, 1.82) is 0 Å². The molecular weight excluding hydrogens is 336 g/mol. The maximum absolute atomic E-state index is 13.2. The van der Waals surface area contributed by atoms with E-state index in [1.54, 1.807) is 0 Å². The summed E-state index contributed by atoms with van der Waals surface area (Å²) in [5.74, 6) is -4.02. The van der Waals surface area contributed by atoms with E-state index in [-0.39, 0.29) is 11.3 Å². The molecule has 6 nitrogen and oxygen atoms in total. The summed E-state index contributed by atoms with van der Waals surface area (Å²) in [5.41, 5.74) is -2.35. The number of aliphatic hydroxyl groups is 4. The van der Waals surface area contributed by atoms with Gasteiger partial charge < -0.3 is 25.2 Å². The molecule has 2 spiro atoms. The van der Waals surface area contributed by atoms with Crippen LogP contribution in [0.1, 0.15) is 46.0 Å². The maximum atomic E-state index is 13.2. The average molecular weight is 364 g/mol. The standard InChI is InChI=1S/C20H28O6/c1-9-10-5-6-11-18-8-4-7-17(2,3)12(18)15(23)20(25,26-16(18)24)19(11,13(9)21)14(10)22/h10-15,21-23,25H,1,4-8H2,2-3H3. The molecule has 4 N–H and O–H groups in total. The molecule has 6 aliphatic rings. The molecule has 4 bridgehead atoms. The van der Waals surface area contributed by atoms with E-state index in [9.17, 15) is 25.2 Å². The molecular formula is C20H28O6. The van der Waals surface area contributed by atoms with Gasteiger partial charge in [-0.3, -0.25) is 4.79 Å². The Labute approximate surface area is 152 Å². The largest absolute Gasteiger partial charge is 0.429 e. The summed E-state index contributed by atoms with van der Waals surface area (Å²) < 4.78 is 5.52. The number of carbonyl (C=O) groups is 1. The quantitative estimate of drug-likeness (QED) is 0.373. The summed E-state index contributed by atoms with van der Waals surface area (Å²) in [6.07, 6.45) is -0.194. The van der Waals surface area contributed by atoms with E-state index < -0.39 is 52.7 Å². The van der Waals surface area contributed by atoms with E-state index in [1.807, 2.05) is 13.8 Å². The number of aliphatic hydroxyl groups excluding tert-OH is 3. The lowest BCUT2D eigenvalue weighted by Crippen LogP contribution is -2.85. The zero-order chi connectivity index (χ0) is 18.9. The average Bonchev–Trinajstić information content (AvgIpc) is 2.66. The number of fused-ring (bicyclic) bond motifs is 2. The normalized spacial score (nSPS) is 59.6. The highest BCUT2D eigenvalue weighted by molar-refractivity contribution is 5.82. The van der Waals surface area contributed by atoms with Crippen molar-refractivity contribution in [2.75, 3.05) is 0 Å². The fourth-order valence-corrected chi connectivity index (χ4v) is 8.06. The Balaban J connectivity index is 1.82. The van der Waals surface area contributed by atoms with Crippen LogP contribution in [0.2, 0.25) is 0 Å². The fourth-order valence-electron chi connectivity index (χ4n) is 8.06. The van der Waals surface area contributed by atoms with Crippen LogP contribution in [-0.4, -0.2) is 50.5 Å². The lowest BCUT2D eigenvalue weighted by atomic mass is 9.36. The van der Waals surface area contributed by atoms with Gasteiger partial charge in [0, 0.05) is 11.8 Å². The topological polar surface area (TPSA) is 107 Å². The molecule has 6 fully saturated rings. The number of ether oxygens (including phenoxy) is 1. The Morgan fingerprint density at radius 3 is 2.50 bits per heavy atom. The van der Waals surface area contributed by atoms with Gasteiger partial charge in [-0.1, -0.05) is 26.8 Å². The molecule has 26 heavy (non-hydrogen) atoms. The Hall–Kier alpha value is -0.950. The molecule has 9 unspecified atom stereocenters. The number of esters is 1. The van der Waals surface area contributed by atoms with Gasteiger partial charge in [0.25, 0.3) is 0 Å². The minimum absolute atomic E-state index is 0.345. The SMILES string of the molecule is C=C1C2CCC3C45CCCC(C)(C)C4C(O)C(O)(OC5=O)C3(C1O)C2O. The second kappa shape index (κ2) is 4.54. The third-order valence-electron chi connectivity index (χ3n) is 8.89. The lowest BCUT2D eigenvalue weighted by molar-refractivity contribution is -0.434. The van der Waals surface area contributed by atoms with Gasteiger partial charge in [-0.2, -0.15) is 0 Å². The van der Waals surface area contributed by atoms with Gasteiger partial charge in [-0.05, 0) is 42.6 Å². The Bertz CT molecular complexity index is 717. The van der Waals surface area contributed by atoms with Crippen LogP contribution >= 0.6 is 0 Å². The molecule has 2 saturated heterocycles. The zero-order valence-electron chi connectivity index (χ0n) is 15.3. The van der Waals surface area contributed by atoms with Crippen LogP contribution in [0.3, 0.4) is 0 Å². The fraction of sp³-hybridized carbons (Fsp3) is 0.850. The molecule has 2 heterocycles. The number of rotatable bonds is 0. The Morgan fingerprint density at radius 2 is 1.81 bits per heavy atom. The van der Waals surface area contributed by atoms with E-state index in [1.165, 1.54) is 0 Å². The van der Waals surface area contributed by atoms with E-state index in [2.05, 4.69) is 6.58 Å². The first-order valence-electron chi connectivity index (χ1n) is 9.75. The van der Waals surface area contributed by atoms with Crippen LogP contribution in [0.5, 0.6) is 0 Å². The van der Waals surface area contributed by atoms with Crippen molar-refractivity contribution in [3.05, 3.63) is 12.2 Å². The molecule has 6 heteroatoms. The first kappa shape index (κ1) is 17.2. The summed E-state index contributed by atoms with van der Waals surface area (Å²) in [4.78, 5) is 13.2. The van der Waals surface area contributed by atoms with Crippen LogP contribution in [0, 0.1) is 34.0 Å². The summed E-state index contributed by atoms with van der Waals surface area (Å²) >= 11 is 0. The van der Waals surface area contributed by atoms with E-state index >= 15 is 0 Å². The molecule has 0 aromatic rings. The third-order valence-corrected chi connectivity index (χ3v) is 8.89. The van der Waals surface area contributed by atoms with Crippen molar-refractivity contribution in [2.45, 2.75) is 70.1 Å². The summed E-state index contributed by atoms with van der Waals surface area (Å²) in [6, 6.07) is 0. The van der Waals surface area contributed by atoms with Gasteiger partial charge in [0.15, 0.2) is 0 Å². The first-order valence-corrected chi connectivity index (χ1v) is 9.75. The van der Waals surface area contributed by atoms with Crippen molar-refractivity contribution in [3.63, 3.8) is 0 Å². The number of carbonyl (C=O) groups excluding carboxylic acids is 1. The molecule has 0 aromatic carbocycles. The highest BCUT2D eigenvalue weighted by Gasteiger charge is 2.88. The van der Waals surface area contributed by atoms with Crippen LogP contribution in [0.25, 0.3) is 0 Å². The number of hydrogen-bond acceptors (Lipinski definition) is 6. The third kappa shape index (κ3) is 1.38. The lowest BCUT2D eigenvalue weighted by Gasteiger charge is -2.73. The maximum Gasteiger partial charge on any atom is 0.315 e. The molecule has 0 radical (unpaired) electrons. The predicted molar refractivity (Wildman–Crippen MR) is 90.4 cm³/mol. The highest BCUT2D eigenvalue weighted by Crippen LogP contribution is 2.77. The van der Waals surface area contributed by atoms with Gasteiger partial charge in [-0.25, -0.2) is 0 Å². The second-order valence-corrected chi connectivity index (χ2v) is 9.98. The van der Waals surface area contributed by atoms with Gasteiger partial charge in [0.2, 0.25) is 5.79 Å². The molecule has 4 saturated carbocycles. The number of hydrogen-bond donors (Lipinski definition) is 4. The first-order chi connectivity index (χ1) is 12.1. The van der Waals surface area contributed by atoms with E-state index in [4.69, 9.17) is 4.74 Å². The predicted octanol–water partition coefficient (Wildman–Crippen LogP) is 0.723. The summed E-state index contributed by atoms with van der Waals surface area (Å²) in [7, 11) is 0. The van der Waals surface area contributed by atoms with Gasteiger partial charge in [0.1, 0.15) is 6.10 Å². The summed E-state index contributed by atoms with van der Waals surface area (Å²) in [6.45, 7) is 8.01. The molecule has 9 atom stereocenters. The minimum atomic E-state index is -2.30. The van der Waals surface area contributed by atoms with Gasteiger partial charge in [0.05, 0.1) is 23.0 Å². The molecule has 6 rings (SSSR count). The molecule has 144 valence electrons. The summed E-state index contributed by atoms with van der Waals surface area (Å²) in [5, 5.41) is 45.2. The molecule has 4 aliphatic carbocycles. The van der Waals surface area contributed by atoms with Crippen LogP contribution < -0.4 is 0 Å². The smallest absolute Gasteiger partial charge is 0.315 e. The van der Waals surface area contributed by atoms with E-state index in [0.29, 0.717) is 24.8 Å².